The topological polar surface area (TPSA) is 20.2 Å². The van der Waals surface area contributed by atoms with Crippen LogP contribution in [-0.4, -0.2) is 5.11 Å². The van der Waals surface area contributed by atoms with E-state index in [1.54, 1.807) is 0 Å². The Balaban J connectivity index is 1.79. The Morgan fingerprint density at radius 2 is 1.90 bits per heavy atom. The predicted octanol–water partition coefficient (Wildman–Crippen LogP) is 4.85. The molecule has 2 unspecified atom stereocenters. The molecule has 2 atom stereocenters. The summed E-state index contributed by atoms with van der Waals surface area (Å²) in [6.45, 7) is 4.23. The molecule has 0 amide bonds. The Bertz CT molecular complexity index is 629. The molecule has 0 saturated heterocycles. The van der Waals surface area contributed by atoms with Crippen LogP contribution in [0.1, 0.15) is 59.1 Å². The Hall–Kier alpha value is -1.60. The lowest BCUT2D eigenvalue weighted by molar-refractivity contribution is 0.154. The average Bonchev–Trinajstić information content (AvgIpc) is 2.50. The minimum Gasteiger partial charge on any atom is -0.388 e. The number of rotatable bonds is 3. The van der Waals surface area contributed by atoms with Crippen molar-refractivity contribution in [3.05, 3.63) is 70.3 Å². The van der Waals surface area contributed by atoms with Gasteiger partial charge in [-0.2, -0.15) is 0 Å². The zero-order chi connectivity index (χ0) is 14.8. The van der Waals surface area contributed by atoms with Crippen LogP contribution in [0.2, 0.25) is 0 Å². The third-order valence-corrected chi connectivity index (χ3v) is 4.92. The van der Waals surface area contributed by atoms with E-state index in [1.807, 2.05) is 0 Å². The smallest absolute Gasteiger partial charge is 0.0796 e. The van der Waals surface area contributed by atoms with E-state index < -0.39 is 0 Å². The number of aryl methyl sites for hydroxylation is 3. The molecule has 0 saturated carbocycles. The summed E-state index contributed by atoms with van der Waals surface area (Å²) >= 11 is 0. The molecular weight excluding hydrogens is 256 g/mol. The van der Waals surface area contributed by atoms with Crippen LogP contribution in [0, 0.1) is 13.8 Å². The number of benzene rings is 2. The maximum absolute atomic E-state index is 10.6. The Morgan fingerprint density at radius 1 is 1.10 bits per heavy atom. The van der Waals surface area contributed by atoms with E-state index >= 15 is 0 Å². The average molecular weight is 280 g/mol. The molecule has 21 heavy (non-hydrogen) atoms. The maximum atomic E-state index is 10.6. The zero-order valence-electron chi connectivity index (χ0n) is 13.0. The van der Waals surface area contributed by atoms with Crippen LogP contribution in [0.3, 0.4) is 0 Å². The van der Waals surface area contributed by atoms with Crippen molar-refractivity contribution in [3.63, 3.8) is 0 Å². The molecule has 2 aromatic carbocycles. The van der Waals surface area contributed by atoms with Gasteiger partial charge >= 0.3 is 0 Å². The molecule has 3 rings (SSSR count). The predicted molar refractivity (Wildman–Crippen MR) is 87.6 cm³/mol. The van der Waals surface area contributed by atoms with Gasteiger partial charge in [0, 0.05) is 0 Å². The van der Waals surface area contributed by atoms with Crippen LogP contribution in [0.25, 0.3) is 0 Å². The van der Waals surface area contributed by atoms with Gasteiger partial charge in [-0.25, -0.2) is 0 Å². The lowest BCUT2D eigenvalue weighted by Gasteiger charge is -2.27. The molecule has 0 fully saturated rings. The fourth-order valence-corrected chi connectivity index (χ4v) is 3.48. The summed E-state index contributed by atoms with van der Waals surface area (Å²) in [5, 5.41) is 10.6. The third-order valence-electron chi connectivity index (χ3n) is 4.92. The molecular formula is C20H24O. The highest BCUT2D eigenvalue weighted by molar-refractivity contribution is 5.34. The first-order valence-electron chi connectivity index (χ1n) is 7.98. The van der Waals surface area contributed by atoms with Crippen molar-refractivity contribution in [2.45, 2.75) is 51.6 Å². The van der Waals surface area contributed by atoms with E-state index in [4.69, 9.17) is 0 Å². The summed E-state index contributed by atoms with van der Waals surface area (Å²) in [5.74, 6) is 0.492. The molecule has 110 valence electrons. The van der Waals surface area contributed by atoms with Gasteiger partial charge in [0.2, 0.25) is 0 Å². The summed E-state index contributed by atoms with van der Waals surface area (Å²) in [7, 11) is 0. The van der Waals surface area contributed by atoms with Crippen LogP contribution in [0.4, 0.5) is 0 Å². The van der Waals surface area contributed by atoms with Gasteiger partial charge in [-0.1, -0.05) is 42.5 Å². The van der Waals surface area contributed by atoms with Gasteiger partial charge in [-0.3, -0.25) is 0 Å². The number of hydrogen-bond acceptors (Lipinski definition) is 1. The Kier molecular flexibility index (Phi) is 4.12. The third kappa shape index (κ3) is 3.03. The van der Waals surface area contributed by atoms with Crippen molar-refractivity contribution < 1.29 is 5.11 Å². The highest BCUT2D eigenvalue weighted by Crippen LogP contribution is 2.37. The van der Waals surface area contributed by atoms with Crippen LogP contribution in [0.5, 0.6) is 0 Å². The minimum absolute atomic E-state index is 0.361. The summed E-state index contributed by atoms with van der Waals surface area (Å²) in [4.78, 5) is 0. The van der Waals surface area contributed by atoms with Crippen molar-refractivity contribution >= 4 is 0 Å². The molecule has 0 bridgehead atoms. The summed E-state index contributed by atoms with van der Waals surface area (Å²) in [6.07, 6.45) is 4.09. The van der Waals surface area contributed by atoms with Crippen molar-refractivity contribution in [2.75, 3.05) is 0 Å². The number of aliphatic hydroxyl groups excluding tert-OH is 1. The van der Waals surface area contributed by atoms with Gasteiger partial charge < -0.3 is 5.11 Å². The van der Waals surface area contributed by atoms with Crippen molar-refractivity contribution in [3.8, 4) is 0 Å². The molecule has 1 N–H and O–H groups in total. The van der Waals surface area contributed by atoms with E-state index in [-0.39, 0.29) is 6.10 Å². The van der Waals surface area contributed by atoms with Gasteiger partial charge in [-0.15, -0.1) is 0 Å². The molecule has 0 heterocycles. The zero-order valence-corrected chi connectivity index (χ0v) is 13.0. The van der Waals surface area contributed by atoms with Crippen molar-refractivity contribution in [2.24, 2.45) is 0 Å². The quantitative estimate of drug-likeness (QED) is 0.852. The standard InChI is InChI=1S/C20H24O/c1-14-10-11-18(12-15(14)2)20(21)13-17-8-5-7-16-6-3-4-9-19(16)17/h3-4,6,9-12,17,20-21H,5,7-8,13H2,1-2H3. The number of fused-ring (bicyclic) bond motifs is 1. The maximum Gasteiger partial charge on any atom is 0.0796 e. The molecule has 0 radical (unpaired) electrons. The monoisotopic (exact) mass is 280 g/mol. The minimum atomic E-state index is -0.361. The summed E-state index contributed by atoms with van der Waals surface area (Å²) in [5.41, 5.74) is 6.53. The van der Waals surface area contributed by atoms with Crippen molar-refractivity contribution in [1.29, 1.82) is 0 Å². The molecule has 0 aromatic heterocycles. The second-order valence-electron chi connectivity index (χ2n) is 6.38. The van der Waals surface area contributed by atoms with Crippen LogP contribution in [0.15, 0.2) is 42.5 Å². The second kappa shape index (κ2) is 6.03. The highest BCUT2D eigenvalue weighted by Gasteiger charge is 2.23. The molecule has 0 spiro atoms. The molecule has 1 aliphatic carbocycles. The van der Waals surface area contributed by atoms with Crippen LogP contribution < -0.4 is 0 Å². The first kappa shape index (κ1) is 14.3. The molecule has 1 nitrogen and oxygen atoms in total. The lowest BCUT2D eigenvalue weighted by atomic mass is 9.79. The van der Waals surface area contributed by atoms with Gasteiger partial charge in [0.25, 0.3) is 0 Å². The normalized spacial score (nSPS) is 19.1. The largest absolute Gasteiger partial charge is 0.388 e. The SMILES string of the molecule is Cc1ccc(C(O)CC2CCCc3ccccc32)cc1C. The molecule has 1 aliphatic rings. The first-order valence-corrected chi connectivity index (χ1v) is 7.98. The van der Waals surface area contributed by atoms with E-state index in [1.165, 1.54) is 41.5 Å². The van der Waals surface area contributed by atoms with Gasteiger partial charge in [-0.05, 0) is 73.3 Å². The number of hydrogen-bond donors (Lipinski definition) is 1. The van der Waals surface area contributed by atoms with Gasteiger partial charge in [0.1, 0.15) is 0 Å². The summed E-state index contributed by atoms with van der Waals surface area (Å²) < 4.78 is 0. The fourth-order valence-electron chi connectivity index (χ4n) is 3.48. The van der Waals surface area contributed by atoms with E-state index in [0.717, 1.165) is 12.0 Å². The van der Waals surface area contributed by atoms with Crippen molar-refractivity contribution in [1.82, 2.24) is 0 Å². The second-order valence-corrected chi connectivity index (χ2v) is 6.38. The first-order chi connectivity index (χ1) is 10.1. The Morgan fingerprint density at radius 3 is 2.71 bits per heavy atom. The van der Waals surface area contributed by atoms with E-state index in [9.17, 15) is 5.11 Å². The van der Waals surface area contributed by atoms with Crippen LogP contribution >= 0.6 is 0 Å². The highest BCUT2D eigenvalue weighted by atomic mass is 16.3. The van der Waals surface area contributed by atoms with Gasteiger partial charge in [0.15, 0.2) is 0 Å². The molecule has 0 aliphatic heterocycles. The molecule has 2 aromatic rings. The summed E-state index contributed by atoms with van der Waals surface area (Å²) in [6, 6.07) is 15.1. The lowest BCUT2D eigenvalue weighted by Crippen LogP contribution is -2.13. The van der Waals surface area contributed by atoms with Gasteiger partial charge in [0.05, 0.1) is 6.10 Å². The fraction of sp³-hybridized carbons (Fsp3) is 0.400. The van der Waals surface area contributed by atoms with E-state index in [0.29, 0.717) is 5.92 Å². The number of aliphatic hydroxyl groups is 1. The molecule has 1 heteroatoms. The van der Waals surface area contributed by atoms with E-state index in [2.05, 4.69) is 56.3 Å². The Labute approximate surface area is 127 Å². The van der Waals surface area contributed by atoms with Crippen LogP contribution in [-0.2, 0) is 6.42 Å².